The molecule has 2 N–H and O–H groups in total. The van der Waals surface area contributed by atoms with Gasteiger partial charge in [-0.3, -0.25) is 9.78 Å². The van der Waals surface area contributed by atoms with Crippen LogP contribution in [-0.4, -0.2) is 49.3 Å². The van der Waals surface area contributed by atoms with Crippen LogP contribution in [0.2, 0.25) is 0 Å². The van der Waals surface area contributed by atoms with Crippen molar-refractivity contribution >= 4 is 11.6 Å². The summed E-state index contributed by atoms with van der Waals surface area (Å²) in [7, 11) is 0. The highest BCUT2D eigenvalue weighted by molar-refractivity contribution is 5.94. The van der Waals surface area contributed by atoms with Crippen molar-refractivity contribution in [2.75, 3.05) is 31.1 Å². The fourth-order valence-corrected chi connectivity index (χ4v) is 4.41. The van der Waals surface area contributed by atoms with Gasteiger partial charge in [0.2, 0.25) is 0 Å². The summed E-state index contributed by atoms with van der Waals surface area (Å²) in [4.78, 5) is 18.9. The van der Waals surface area contributed by atoms with Crippen LogP contribution in [0.25, 0.3) is 0 Å². The first-order chi connectivity index (χ1) is 16.7. The summed E-state index contributed by atoms with van der Waals surface area (Å²) in [5.41, 5.74) is 2.81. The highest BCUT2D eigenvalue weighted by Gasteiger charge is 2.24. The van der Waals surface area contributed by atoms with Gasteiger partial charge in [0.05, 0.1) is 0 Å². The summed E-state index contributed by atoms with van der Waals surface area (Å²) in [6.45, 7) is 3.79. The number of rotatable bonds is 7. The van der Waals surface area contributed by atoms with Gasteiger partial charge in [0.15, 0.2) is 11.5 Å². The van der Waals surface area contributed by atoms with Gasteiger partial charge in [0, 0.05) is 55.9 Å². The molecule has 1 saturated heterocycles. The number of carbonyl (C=O) groups excluding carboxylic acids is 1. The molecule has 34 heavy (non-hydrogen) atoms. The number of benzene rings is 2. The molecule has 3 aromatic rings. The smallest absolute Gasteiger partial charge is 0.251 e. The van der Waals surface area contributed by atoms with E-state index in [2.05, 4.69) is 20.5 Å². The number of anilines is 1. The van der Waals surface area contributed by atoms with Crippen LogP contribution in [0.15, 0.2) is 73.1 Å². The largest absolute Gasteiger partial charge is 0.486 e. The zero-order valence-corrected chi connectivity index (χ0v) is 19.2. The van der Waals surface area contributed by atoms with E-state index >= 15 is 0 Å². The average Bonchev–Trinajstić information content (AvgIpc) is 2.91. The van der Waals surface area contributed by atoms with Crippen LogP contribution in [-0.2, 0) is 6.54 Å². The van der Waals surface area contributed by atoms with Crippen molar-refractivity contribution in [3.63, 3.8) is 0 Å². The predicted molar refractivity (Wildman–Crippen MR) is 131 cm³/mol. The Kier molecular flexibility index (Phi) is 6.91. The van der Waals surface area contributed by atoms with Gasteiger partial charge in [0.25, 0.3) is 5.91 Å². The maximum Gasteiger partial charge on any atom is 0.251 e. The number of nitrogens with zero attached hydrogens (tertiary/aromatic N) is 2. The summed E-state index contributed by atoms with van der Waals surface area (Å²) in [6.07, 6.45) is 5.65. The van der Waals surface area contributed by atoms with E-state index in [4.69, 9.17) is 9.47 Å². The third-order valence-electron chi connectivity index (χ3n) is 6.37. The Bertz CT molecular complexity index is 1080. The van der Waals surface area contributed by atoms with Crippen LogP contribution in [0.5, 0.6) is 11.5 Å². The Labute approximate surface area is 200 Å². The molecule has 5 rings (SSSR count). The lowest BCUT2D eigenvalue weighted by Crippen LogP contribution is -2.47. The summed E-state index contributed by atoms with van der Waals surface area (Å²) < 4.78 is 11.9. The molecule has 2 aromatic carbocycles. The van der Waals surface area contributed by atoms with Crippen molar-refractivity contribution in [1.82, 2.24) is 15.6 Å². The van der Waals surface area contributed by atoms with Crippen molar-refractivity contribution in [2.45, 2.75) is 31.5 Å². The van der Waals surface area contributed by atoms with Crippen molar-refractivity contribution in [1.29, 1.82) is 0 Å². The Morgan fingerprint density at radius 3 is 2.56 bits per heavy atom. The average molecular weight is 459 g/mol. The molecule has 2 aliphatic heterocycles. The number of ether oxygens (including phenoxy) is 2. The lowest BCUT2D eigenvalue weighted by Gasteiger charge is -2.35. The standard InChI is InChI=1S/C27H30N4O3/c32-27(30-17-20-4-3-13-28-16-20)21-7-9-23(10-8-21)31-14-11-22(12-15-31)29-18-24-19-33-25-5-1-2-6-26(25)34-24/h1-10,13,16,22,24,29H,11-12,14-15,17-19H2,(H,30,32)/t24-/m0/s1. The van der Waals surface area contributed by atoms with Crippen LogP contribution < -0.4 is 25.0 Å². The monoisotopic (exact) mass is 458 g/mol. The summed E-state index contributed by atoms with van der Waals surface area (Å²) in [6, 6.07) is 20.0. The molecule has 0 bridgehead atoms. The summed E-state index contributed by atoms with van der Waals surface area (Å²) in [5.74, 6) is 1.57. The molecule has 1 aromatic heterocycles. The lowest BCUT2D eigenvalue weighted by atomic mass is 10.0. The predicted octanol–water partition coefficient (Wildman–Crippen LogP) is 3.41. The van der Waals surface area contributed by atoms with E-state index in [1.807, 2.05) is 60.7 Å². The van der Waals surface area contributed by atoms with Crippen LogP contribution in [0.3, 0.4) is 0 Å². The highest BCUT2D eigenvalue weighted by atomic mass is 16.6. The molecule has 0 aliphatic carbocycles. The SMILES string of the molecule is O=C(NCc1cccnc1)c1ccc(N2CCC(NC[C@H]3COc4ccccc4O3)CC2)cc1. The summed E-state index contributed by atoms with van der Waals surface area (Å²) in [5, 5.41) is 6.60. The maximum absolute atomic E-state index is 12.4. The van der Waals surface area contributed by atoms with Crippen molar-refractivity contribution in [3.8, 4) is 11.5 Å². The number of aromatic nitrogens is 1. The van der Waals surface area contributed by atoms with E-state index in [0.717, 1.165) is 55.2 Å². The molecule has 0 unspecified atom stereocenters. The number of pyridine rings is 1. The van der Waals surface area contributed by atoms with E-state index in [0.29, 0.717) is 24.8 Å². The third-order valence-corrected chi connectivity index (χ3v) is 6.37. The molecule has 1 atom stereocenters. The van der Waals surface area contributed by atoms with E-state index in [-0.39, 0.29) is 12.0 Å². The Balaban J connectivity index is 1.05. The zero-order chi connectivity index (χ0) is 23.2. The van der Waals surface area contributed by atoms with Crippen molar-refractivity contribution in [3.05, 3.63) is 84.2 Å². The Hall–Kier alpha value is -3.58. The van der Waals surface area contributed by atoms with Gasteiger partial charge >= 0.3 is 0 Å². The zero-order valence-electron chi connectivity index (χ0n) is 19.2. The molecule has 2 aliphatic rings. The summed E-state index contributed by atoms with van der Waals surface area (Å²) >= 11 is 0. The second-order valence-electron chi connectivity index (χ2n) is 8.76. The molecule has 0 saturated carbocycles. The fraction of sp³-hybridized carbons (Fsp3) is 0.333. The number of hydrogen-bond acceptors (Lipinski definition) is 6. The van der Waals surface area contributed by atoms with E-state index in [1.54, 1.807) is 12.4 Å². The van der Waals surface area contributed by atoms with E-state index in [1.165, 1.54) is 0 Å². The molecule has 1 amide bonds. The van der Waals surface area contributed by atoms with Gasteiger partial charge in [-0.1, -0.05) is 18.2 Å². The molecular formula is C27H30N4O3. The van der Waals surface area contributed by atoms with Gasteiger partial charge in [-0.25, -0.2) is 0 Å². The number of para-hydroxylation sites is 2. The highest BCUT2D eigenvalue weighted by Crippen LogP contribution is 2.30. The minimum absolute atomic E-state index is 0.0322. The van der Waals surface area contributed by atoms with Crippen molar-refractivity contribution in [2.24, 2.45) is 0 Å². The first-order valence-corrected chi connectivity index (χ1v) is 11.9. The maximum atomic E-state index is 12.4. The topological polar surface area (TPSA) is 75.7 Å². The van der Waals surface area contributed by atoms with E-state index in [9.17, 15) is 4.79 Å². The van der Waals surface area contributed by atoms with E-state index < -0.39 is 0 Å². The quantitative estimate of drug-likeness (QED) is 0.565. The Morgan fingerprint density at radius 1 is 1.00 bits per heavy atom. The van der Waals surface area contributed by atoms with Gasteiger partial charge in [-0.05, 0) is 60.9 Å². The minimum atomic E-state index is -0.0742. The molecule has 0 spiro atoms. The first-order valence-electron chi connectivity index (χ1n) is 11.9. The number of carbonyl (C=O) groups is 1. The molecule has 7 nitrogen and oxygen atoms in total. The molecular weight excluding hydrogens is 428 g/mol. The second-order valence-corrected chi connectivity index (χ2v) is 8.76. The normalized spacial score (nSPS) is 17.9. The van der Waals surface area contributed by atoms with Gasteiger partial charge in [-0.2, -0.15) is 0 Å². The molecule has 3 heterocycles. The molecule has 1 fully saturated rings. The van der Waals surface area contributed by atoms with Crippen LogP contribution in [0.4, 0.5) is 5.69 Å². The second kappa shape index (κ2) is 10.6. The van der Waals surface area contributed by atoms with Gasteiger partial charge in [0.1, 0.15) is 12.7 Å². The molecule has 176 valence electrons. The third kappa shape index (κ3) is 5.48. The van der Waals surface area contributed by atoms with Crippen LogP contribution in [0, 0.1) is 0 Å². The number of amides is 1. The molecule has 7 heteroatoms. The van der Waals surface area contributed by atoms with Gasteiger partial charge < -0.3 is 25.0 Å². The first kappa shape index (κ1) is 22.2. The number of piperidine rings is 1. The number of nitrogens with one attached hydrogen (secondary N) is 2. The molecule has 0 radical (unpaired) electrons. The number of fused-ring (bicyclic) bond motifs is 1. The number of hydrogen-bond donors (Lipinski definition) is 2. The lowest BCUT2D eigenvalue weighted by molar-refractivity contribution is 0.0873. The van der Waals surface area contributed by atoms with Gasteiger partial charge in [-0.15, -0.1) is 0 Å². The Morgan fingerprint density at radius 2 is 1.79 bits per heavy atom. The minimum Gasteiger partial charge on any atom is -0.486 e. The fourth-order valence-electron chi connectivity index (χ4n) is 4.41. The van der Waals surface area contributed by atoms with Crippen LogP contribution in [0.1, 0.15) is 28.8 Å². The van der Waals surface area contributed by atoms with Crippen LogP contribution >= 0.6 is 0 Å². The van der Waals surface area contributed by atoms with Crippen molar-refractivity contribution < 1.29 is 14.3 Å².